The number of nitrogens with one attached hydrogen (secondary N) is 2. The number of hydrogen-bond acceptors (Lipinski definition) is 2. The van der Waals surface area contributed by atoms with Crippen LogP contribution >= 0.6 is 11.6 Å². The number of benzene rings is 1. The zero-order chi connectivity index (χ0) is 13.7. The summed E-state index contributed by atoms with van der Waals surface area (Å²) in [6.07, 6.45) is 3.82. The Bertz CT molecular complexity index is 590. The molecule has 0 radical (unpaired) electrons. The van der Waals surface area contributed by atoms with Crippen molar-refractivity contribution in [2.45, 2.75) is 6.92 Å². The van der Waals surface area contributed by atoms with Gasteiger partial charge in [-0.2, -0.15) is 5.10 Å². The van der Waals surface area contributed by atoms with E-state index in [4.69, 9.17) is 11.6 Å². The molecule has 0 aliphatic heterocycles. The molecule has 0 spiro atoms. The molecule has 4 nitrogen and oxygen atoms in total. The van der Waals surface area contributed by atoms with Crippen LogP contribution < -0.4 is 5.32 Å². The monoisotopic (exact) mass is 275 g/mol. The van der Waals surface area contributed by atoms with Gasteiger partial charge in [0.1, 0.15) is 0 Å². The lowest BCUT2D eigenvalue weighted by Crippen LogP contribution is -2.24. The zero-order valence-electron chi connectivity index (χ0n) is 10.5. The molecule has 1 aromatic heterocycles. The number of halogens is 1. The lowest BCUT2D eigenvalue weighted by atomic mass is 10.2. The number of amides is 1. The second kappa shape index (κ2) is 6.20. The molecule has 0 aliphatic rings. The highest BCUT2D eigenvalue weighted by atomic mass is 35.5. The molecule has 98 valence electrons. The van der Waals surface area contributed by atoms with E-state index in [0.29, 0.717) is 17.3 Å². The first kappa shape index (κ1) is 13.4. The van der Waals surface area contributed by atoms with Crippen LogP contribution in [0.25, 0.3) is 6.08 Å². The smallest absolute Gasteiger partial charge is 0.273 e. The number of carbonyl (C=O) groups is 1. The van der Waals surface area contributed by atoms with Crippen LogP contribution in [0.2, 0.25) is 5.02 Å². The molecule has 0 saturated carbocycles. The molecule has 0 aliphatic carbocycles. The van der Waals surface area contributed by atoms with E-state index in [1.807, 2.05) is 42.5 Å². The molecular formula is C14H14ClN3O. The molecular weight excluding hydrogens is 262 g/mol. The minimum Gasteiger partial charge on any atom is -0.347 e. The molecule has 0 fully saturated rings. The molecule has 0 atom stereocenters. The van der Waals surface area contributed by atoms with Crippen LogP contribution in [0.5, 0.6) is 0 Å². The first-order valence-corrected chi connectivity index (χ1v) is 6.26. The van der Waals surface area contributed by atoms with Gasteiger partial charge in [-0.15, -0.1) is 0 Å². The van der Waals surface area contributed by atoms with Crippen molar-refractivity contribution >= 4 is 23.6 Å². The molecule has 2 N–H and O–H groups in total. The Morgan fingerprint density at radius 1 is 1.42 bits per heavy atom. The van der Waals surface area contributed by atoms with Crippen LogP contribution in [-0.2, 0) is 0 Å². The molecule has 0 unspecified atom stereocenters. The van der Waals surface area contributed by atoms with E-state index in [2.05, 4.69) is 15.5 Å². The van der Waals surface area contributed by atoms with E-state index in [9.17, 15) is 4.79 Å². The van der Waals surface area contributed by atoms with E-state index < -0.39 is 0 Å². The molecule has 2 rings (SSSR count). The summed E-state index contributed by atoms with van der Waals surface area (Å²) in [5.41, 5.74) is 2.00. The van der Waals surface area contributed by atoms with E-state index in [1.54, 1.807) is 6.92 Å². The number of aromatic nitrogens is 2. The van der Waals surface area contributed by atoms with Gasteiger partial charge >= 0.3 is 0 Å². The van der Waals surface area contributed by atoms with Gasteiger partial charge in [-0.05, 0) is 12.5 Å². The van der Waals surface area contributed by atoms with E-state index in [0.717, 1.165) is 5.56 Å². The molecule has 1 heterocycles. The molecule has 19 heavy (non-hydrogen) atoms. The quantitative estimate of drug-likeness (QED) is 0.901. The Morgan fingerprint density at radius 3 is 2.79 bits per heavy atom. The number of rotatable bonds is 4. The topological polar surface area (TPSA) is 57.8 Å². The van der Waals surface area contributed by atoms with Crippen LogP contribution in [0.1, 0.15) is 21.7 Å². The fourth-order valence-corrected chi connectivity index (χ4v) is 1.73. The zero-order valence-corrected chi connectivity index (χ0v) is 11.2. The highest BCUT2D eigenvalue weighted by Gasteiger charge is 2.14. The van der Waals surface area contributed by atoms with Crippen LogP contribution in [-0.4, -0.2) is 22.6 Å². The van der Waals surface area contributed by atoms with Crippen LogP contribution in [0.3, 0.4) is 0 Å². The van der Waals surface area contributed by atoms with Crippen LogP contribution in [0.15, 0.2) is 36.4 Å². The summed E-state index contributed by atoms with van der Waals surface area (Å²) in [6.45, 7) is 2.19. The predicted octanol–water partition coefficient (Wildman–Crippen LogP) is 2.81. The third-order valence-corrected chi connectivity index (χ3v) is 3.04. The van der Waals surface area contributed by atoms with Crippen molar-refractivity contribution in [3.63, 3.8) is 0 Å². The summed E-state index contributed by atoms with van der Waals surface area (Å²) < 4.78 is 0. The average Bonchev–Trinajstić information content (AvgIpc) is 2.76. The number of H-pyrrole nitrogens is 1. The van der Waals surface area contributed by atoms with Crippen molar-refractivity contribution < 1.29 is 4.79 Å². The van der Waals surface area contributed by atoms with Gasteiger partial charge < -0.3 is 5.32 Å². The normalized spacial score (nSPS) is 10.8. The maximum absolute atomic E-state index is 11.8. The van der Waals surface area contributed by atoms with Crippen LogP contribution in [0, 0.1) is 6.92 Å². The second-order valence-corrected chi connectivity index (χ2v) is 4.41. The molecule has 1 aromatic carbocycles. The fraction of sp³-hybridized carbons (Fsp3) is 0.143. The highest BCUT2D eigenvalue weighted by molar-refractivity contribution is 6.34. The maximum Gasteiger partial charge on any atom is 0.273 e. The Labute approximate surface area is 116 Å². The summed E-state index contributed by atoms with van der Waals surface area (Å²) in [5.74, 6) is -0.285. The summed E-state index contributed by atoms with van der Waals surface area (Å²) in [4.78, 5) is 11.8. The number of hydrogen-bond donors (Lipinski definition) is 2. The third kappa shape index (κ3) is 3.45. The first-order chi connectivity index (χ1) is 9.18. The minimum atomic E-state index is -0.285. The summed E-state index contributed by atoms with van der Waals surface area (Å²) in [7, 11) is 0. The van der Waals surface area contributed by atoms with Gasteiger partial charge in [-0.3, -0.25) is 9.89 Å². The first-order valence-electron chi connectivity index (χ1n) is 5.88. The van der Waals surface area contributed by atoms with E-state index in [-0.39, 0.29) is 11.6 Å². The Balaban J connectivity index is 1.88. The van der Waals surface area contributed by atoms with Crippen molar-refractivity contribution in [3.8, 4) is 0 Å². The SMILES string of the molecule is Cc1[nH]nc(C(=O)NC/C=C/c2ccccc2)c1Cl. The lowest BCUT2D eigenvalue weighted by molar-refractivity contribution is 0.0953. The van der Waals surface area contributed by atoms with Gasteiger partial charge in [0.05, 0.1) is 10.7 Å². The van der Waals surface area contributed by atoms with Crippen molar-refractivity contribution in [2.75, 3.05) is 6.54 Å². The van der Waals surface area contributed by atoms with Gasteiger partial charge in [0, 0.05) is 6.54 Å². The van der Waals surface area contributed by atoms with Crippen molar-refractivity contribution in [3.05, 3.63) is 58.4 Å². The number of aryl methyl sites for hydroxylation is 1. The average molecular weight is 276 g/mol. The maximum atomic E-state index is 11.8. The van der Waals surface area contributed by atoms with Gasteiger partial charge in [0.15, 0.2) is 5.69 Å². The molecule has 0 saturated heterocycles. The number of carbonyl (C=O) groups excluding carboxylic acids is 1. The summed E-state index contributed by atoms with van der Waals surface area (Å²) in [5, 5.41) is 9.63. The van der Waals surface area contributed by atoms with Crippen LogP contribution in [0.4, 0.5) is 0 Å². The lowest BCUT2D eigenvalue weighted by Gasteiger charge is -1.99. The standard InChI is InChI=1S/C14H14ClN3O/c1-10-12(15)13(18-17-10)14(19)16-9-5-8-11-6-3-2-4-7-11/h2-8H,9H2,1H3,(H,16,19)(H,17,18)/b8-5+. The predicted molar refractivity (Wildman–Crippen MR) is 76.1 cm³/mol. The largest absolute Gasteiger partial charge is 0.347 e. The number of nitrogens with zero attached hydrogens (tertiary/aromatic N) is 1. The highest BCUT2D eigenvalue weighted by Crippen LogP contribution is 2.16. The molecule has 2 aromatic rings. The second-order valence-electron chi connectivity index (χ2n) is 4.03. The third-order valence-electron chi connectivity index (χ3n) is 2.58. The van der Waals surface area contributed by atoms with E-state index in [1.165, 1.54) is 0 Å². The Hall–Kier alpha value is -2.07. The Morgan fingerprint density at radius 2 is 2.16 bits per heavy atom. The van der Waals surface area contributed by atoms with Crippen molar-refractivity contribution in [1.29, 1.82) is 0 Å². The van der Waals surface area contributed by atoms with Gasteiger partial charge in [0.25, 0.3) is 5.91 Å². The summed E-state index contributed by atoms with van der Waals surface area (Å²) in [6, 6.07) is 9.87. The molecule has 5 heteroatoms. The van der Waals surface area contributed by atoms with Gasteiger partial charge in [-0.25, -0.2) is 0 Å². The van der Waals surface area contributed by atoms with Gasteiger partial charge in [0.2, 0.25) is 0 Å². The fourth-order valence-electron chi connectivity index (χ4n) is 1.56. The van der Waals surface area contributed by atoms with Crippen molar-refractivity contribution in [2.24, 2.45) is 0 Å². The summed E-state index contributed by atoms with van der Waals surface area (Å²) >= 11 is 5.94. The minimum absolute atomic E-state index is 0.229. The number of aromatic amines is 1. The molecule has 0 bridgehead atoms. The Kier molecular flexibility index (Phi) is 4.36. The van der Waals surface area contributed by atoms with Crippen molar-refractivity contribution in [1.82, 2.24) is 15.5 Å². The van der Waals surface area contributed by atoms with E-state index >= 15 is 0 Å². The molecule has 1 amide bonds. The van der Waals surface area contributed by atoms with Gasteiger partial charge in [-0.1, -0.05) is 54.1 Å².